The third kappa shape index (κ3) is 5.69. The molecule has 0 amide bonds. The number of ether oxygens (including phenoxy) is 1. The van der Waals surface area contributed by atoms with Crippen molar-refractivity contribution in [3.05, 3.63) is 65.1 Å². The van der Waals surface area contributed by atoms with Crippen molar-refractivity contribution in [2.24, 2.45) is 0 Å². The van der Waals surface area contributed by atoms with E-state index in [-0.39, 0.29) is 6.04 Å². The molecule has 1 unspecified atom stereocenters. The number of fused-ring (bicyclic) bond motifs is 1. The zero-order chi connectivity index (χ0) is 25.4. The molecule has 3 aromatic rings. The van der Waals surface area contributed by atoms with Gasteiger partial charge in [-0.15, -0.1) is 0 Å². The topological polar surface area (TPSA) is 88.2 Å². The van der Waals surface area contributed by atoms with Crippen LogP contribution in [0.1, 0.15) is 59.8 Å². The van der Waals surface area contributed by atoms with Crippen LogP contribution >= 0.6 is 12.2 Å². The van der Waals surface area contributed by atoms with Crippen LogP contribution in [0.5, 0.6) is 5.75 Å². The Bertz CT molecular complexity index is 1240. The number of nitrogens with one attached hydrogen (secondary N) is 1. The van der Waals surface area contributed by atoms with Crippen molar-refractivity contribution in [2.75, 3.05) is 7.11 Å². The van der Waals surface area contributed by atoms with Crippen LogP contribution in [-0.2, 0) is 0 Å². The molecule has 7 nitrogen and oxygen atoms in total. The molecular formula is C26H36N4O3S. The van der Waals surface area contributed by atoms with Crippen molar-refractivity contribution < 1.29 is 14.9 Å². The first kappa shape index (κ1) is 27.1. The third-order valence-corrected chi connectivity index (χ3v) is 5.61. The van der Waals surface area contributed by atoms with E-state index in [2.05, 4.69) is 40.9 Å². The molecule has 0 aliphatic heterocycles. The molecular weight excluding hydrogens is 448 g/mol. The van der Waals surface area contributed by atoms with Crippen LogP contribution in [0.2, 0.25) is 0 Å². The lowest BCUT2D eigenvalue weighted by atomic mass is 10.1. The fourth-order valence-corrected chi connectivity index (χ4v) is 4.02. The van der Waals surface area contributed by atoms with E-state index in [9.17, 15) is 5.11 Å². The number of aromatic amines is 1. The molecule has 0 bridgehead atoms. The van der Waals surface area contributed by atoms with Crippen LogP contribution in [0.4, 0.5) is 0 Å². The Morgan fingerprint density at radius 3 is 2.56 bits per heavy atom. The number of benzene rings is 1. The number of rotatable bonds is 8. The van der Waals surface area contributed by atoms with E-state index in [1.165, 1.54) is 6.08 Å². The first-order valence-corrected chi connectivity index (χ1v) is 12.0. The highest BCUT2D eigenvalue weighted by Crippen LogP contribution is 2.34. The lowest BCUT2D eigenvalue weighted by Gasteiger charge is -2.15. The Morgan fingerprint density at radius 1 is 1.26 bits per heavy atom. The summed E-state index contributed by atoms with van der Waals surface area (Å²) in [5.74, 6) is 1.48. The molecule has 3 N–H and O–H groups in total. The summed E-state index contributed by atoms with van der Waals surface area (Å²) in [6.45, 7) is 12.2. The number of nitrogens with zero attached hydrogens (tertiary/aromatic N) is 3. The molecule has 0 fully saturated rings. The normalized spacial score (nSPS) is 13.4. The van der Waals surface area contributed by atoms with Gasteiger partial charge in [0.25, 0.3) is 0 Å². The van der Waals surface area contributed by atoms with Crippen LogP contribution in [0.15, 0.2) is 54.5 Å². The van der Waals surface area contributed by atoms with E-state index in [4.69, 9.17) is 22.1 Å². The maximum Gasteiger partial charge on any atom is 0.200 e. The molecule has 3 rings (SSSR count). The molecule has 0 aliphatic carbocycles. The van der Waals surface area contributed by atoms with Gasteiger partial charge in [-0.1, -0.05) is 26.8 Å². The molecule has 2 aromatic heterocycles. The summed E-state index contributed by atoms with van der Waals surface area (Å²) in [4.78, 5) is 0. The second kappa shape index (κ2) is 12.4. The summed E-state index contributed by atoms with van der Waals surface area (Å²) < 4.78 is 10.2. The van der Waals surface area contributed by atoms with Crippen LogP contribution in [0.25, 0.3) is 22.2 Å². The van der Waals surface area contributed by atoms with Gasteiger partial charge in [0.2, 0.25) is 0 Å². The molecule has 34 heavy (non-hydrogen) atoms. The SMILES string of the molecule is CC.CCC(=CC(O)/C=C/O)/C=C(\C)c1n[nH]c(=S)n1-c1ccc(OC)c2c1ccn2C(C)C. The molecule has 0 spiro atoms. The van der Waals surface area contributed by atoms with Gasteiger partial charge < -0.3 is 19.5 Å². The van der Waals surface area contributed by atoms with Crippen molar-refractivity contribution in [2.45, 2.75) is 60.1 Å². The second-order valence-electron chi connectivity index (χ2n) is 7.81. The predicted molar refractivity (Wildman–Crippen MR) is 142 cm³/mol. The molecule has 0 saturated carbocycles. The third-order valence-electron chi connectivity index (χ3n) is 5.34. The van der Waals surface area contributed by atoms with Crippen molar-refractivity contribution >= 4 is 28.7 Å². The van der Waals surface area contributed by atoms with Crippen LogP contribution in [0, 0.1) is 4.77 Å². The van der Waals surface area contributed by atoms with E-state index < -0.39 is 6.10 Å². The monoisotopic (exact) mass is 484 g/mol. The summed E-state index contributed by atoms with van der Waals surface area (Å²) in [6, 6.07) is 6.27. The van der Waals surface area contributed by atoms with Gasteiger partial charge in [-0.2, -0.15) is 5.10 Å². The highest BCUT2D eigenvalue weighted by atomic mass is 32.1. The van der Waals surface area contributed by atoms with Gasteiger partial charge in [0.1, 0.15) is 5.75 Å². The van der Waals surface area contributed by atoms with Crippen LogP contribution in [0.3, 0.4) is 0 Å². The smallest absolute Gasteiger partial charge is 0.200 e. The Kier molecular flexibility index (Phi) is 9.89. The molecule has 184 valence electrons. The minimum atomic E-state index is -0.864. The number of hydrogen-bond donors (Lipinski definition) is 3. The van der Waals surface area contributed by atoms with Crippen molar-refractivity contribution in [3.63, 3.8) is 0 Å². The lowest BCUT2D eigenvalue weighted by molar-refractivity contribution is 0.266. The summed E-state index contributed by atoms with van der Waals surface area (Å²) >= 11 is 5.59. The van der Waals surface area contributed by atoms with Crippen molar-refractivity contribution in [1.29, 1.82) is 0 Å². The number of aromatic nitrogens is 4. The van der Waals surface area contributed by atoms with E-state index in [1.807, 2.05) is 50.5 Å². The fourth-order valence-electron chi connectivity index (χ4n) is 3.79. The number of hydrogen-bond acceptors (Lipinski definition) is 5. The number of allylic oxidation sites excluding steroid dienone is 3. The first-order chi connectivity index (χ1) is 16.3. The summed E-state index contributed by atoms with van der Waals surface area (Å²) in [7, 11) is 1.67. The maximum absolute atomic E-state index is 9.98. The molecule has 0 saturated heterocycles. The van der Waals surface area contributed by atoms with Gasteiger partial charge in [-0.3, -0.25) is 9.67 Å². The lowest BCUT2D eigenvalue weighted by Crippen LogP contribution is -2.04. The number of aliphatic hydroxyl groups excluding tert-OH is 2. The Morgan fingerprint density at radius 2 is 1.97 bits per heavy atom. The van der Waals surface area contributed by atoms with Gasteiger partial charge in [-0.05, 0) is 80.9 Å². The summed E-state index contributed by atoms with van der Waals surface area (Å²) in [5, 5.41) is 27.3. The Hall–Kier alpha value is -3.10. The number of H-pyrrole nitrogens is 1. The maximum atomic E-state index is 9.98. The highest BCUT2D eigenvalue weighted by Gasteiger charge is 2.18. The van der Waals surface area contributed by atoms with Gasteiger partial charge in [0, 0.05) is 17.6 Å². The minimum absolute atomic E-state index is 0.270. The standard InChI is InChI=1S/C24H30N4O3S.C2H6/c1-6-17(14-18(30)10-12-29)13-16(4)23-25-26-24(32)28(23)20-7-8-21(31-5)22-19(20)9-11-27(22)15(2)3;1-2/h7-15,18,29-30H,6H2,1-5H3,(H,26,32);1-2H3/b12-10+,16-13+,17-14?;. The molecule has 1 atom stereocenters. The molecule has 8 heteroatoms. The molecule has 1 aromatic carbocycles. The number of aliphatic hydroxyl groups is 2. The van der Waals surface area contributed by atoms with Gasteiger partial charge in [0.05, 0.1) is 30.7 Å². The Balaban J connectivity index is 0.00000199. The highest BCUT2D eigenvalue weighted by molar-refractivity contribution is 7.71. The fraction of sp³-hybridized carbons (Fsp3) is 0.385. The van der Waals surface area contributed by atoms with Gasteiger partial charge in [0.15, 0.2) is 10.6 Å². The predicted octanol–water partition coefficient (Wildman–Crippen LogP) is 6.67. The van der Waals surface area contributed by atoms with E-state index in [0.717, 1.165) is 39.7 Å². The average Bonchev–Trinajstić information content (AvgIpc) is 3.44. The van der Waals surface area contributed by atoms with E-state index >= 15 is 0 Å². The van der Waals surface area contributed by atoms with E-state index in [1.54, 1.807) is 13.2 Å². The van der Waals surface area contributed by atoms with Gasteiger partial charge in [-0.25, -0.2) is 0 Å². The molecule has 2 heterocycles. The van der Waals surface area contributed by atoms with Gasteiger partial charge >= 0.3 is 0 Å². The first-order valence-electron chi connectivity index (χ1n) is 11.6. The number of methoxy groups -OCH3 is 1. The van der Waals surface area contributed by atoms with Crippen molar-refractivity contribution in [1.82, 2.24) is 19.3 Å². The summed E-state index contributed by atoms with van der Waals surface area (Å²) in [6.07, 6.45) is 7.71. The quantitative estimate of drug-likeness (QED) is 0.189. The molecule has 0 aliphatic rings. The van der Waals surface area contributed by atoms with Crippen molar-refractivity contribution in [3.8, 4) is 11.4 Å². The summed E-state index contributed by atoms with van der Waals surface area (Å²) in [5.41, 5.74) is 3.72. The van der Waals surface area contributed by atoms with Crippen LogP contribution < -0.4 is 4.74 Å². The second-order valence-corrected chi connectivity index (χ2v) is 8.20. The Labute approximate surface area is 206 Å². The van der Waals surface area contributed by atoms with Crippen LogP contribution in [-0.4, -0.2) is 42.8 Å². The molecule has 0 radical (unpaired) electrons. The average molecular weight is 485 g/mol. The van der Waals surface area contributed by atoms with E-state index in [0.29, 0.717) is 17.0 Å². The zero-order valence-electron chi connectivity index (χ0n) is 21.0. The zero-order valence-corrected chi connectivity index (χ0v) is 21.8. The minimum Gasteiger partial charge on any atom is -0.516 e. The largest absolute Gasteiger partial charge is 0.516 e.